The molecule has 0 aromatic carbocycles. The Morgan fingerprint density at radius 1 is 1.03 bits per heavy atom. The molecule has 0 aromatic heterocycles. The van der Waals surface area contributed by atoms with Crippen LogP contribution in [0.2, 0.25) is 0 Å². The summed E-state index contributed by atoms with van der Waals surface area (Å²) in [4.78, 5) is 0. The van der Waals surface area contributed by atoms with Crippen molar-refractivity contribution in [3.05, 3.63) is 22.8 Å². The van der Waals surface area contributed by atoms with Gasteiger partial charge in [-0.2, -0.15) is 0 Å². The van der Waals surface area contributed by atoms with Gasteiger partial charge in [-0.1, -0.05) is 44.9 Å². The second kappa shape index (κ2) is 9.90. The molecular formula is C26H42O8. The van der Waals surface area contributed by atoms with E-state index in [2.05, 4.69) is 26.8 Å². The molecular weight excluding hydrogens is 440 g/mol. The van der Waals surface area contributed by atoms with Crippen molar-refractivity contribution < 1.29 is 40.1 Å². The monoisotopic (exact) mass is 482 g/mol. The largest absolute Gasteiger partial charge is 0.396 e. The van der Waals surface area contributed by atoms with Gasteiger partial charge in [0.2, 0.25) is 0 Å². The number of fused-ring (bicyclic) bond motifs is 2. The summed E-state index contributed by atoms with van der Waals surface area (Å²) in [5.41, 5.74) is 3.03. The lowest BCUT2D eigenvalue weighted by Gasteiger charge is -2.45. The van der Waals surface area contributed by atoms with Gasteiger partial charge in [0.1, 0.15) is 30.5 Å². The van der Waals surface area contributed by atoms with Crippen LogP contribution in [-0.2, 0) is 9.47 Å². The molecule has 4 aliphatic rings. The molecule has 1 saturated carbocycles. The molecule has 0 spiro atoms. The van der Waals surface area contributed by atoms with E-state index in [0.717, 1.165) is 31.3 Å². The first-order chi connectivity index (χ1) is 16.0. The van der Waals surface area contributed by atoms with E-state index in [1.54, 1.807) is 0 Å². The topological polar surface area (TPSA) is 140 Å². The summed E-state index contributed by atoms with van der Waals surface area (Å²) in [5, 5.41) is 62.5. The molecule has 1 saturated heterocycles. The molecule has 6 N–H and O–H groups in total. The lowest BCUT2D eigenvalue weighted by atomic mass is 9.68. The first-order valence-electron chi connectivity index (χ1n) is 12.7. The summed E-state index contributed by atoms with van der Waals surface area (Å²) >= 11 is 0. The van der Waals surface area contributed by atoms with Crippen molar-refractivity contribution in [3.8, 4) is 0 Å². The number of ether oxygens (including phenoxy) is 2. The summed E-state index contributed by atoms with van der Waals surface area (Å²) in [5.74, 6) is 0.285. The second-order valence-electron chi connectivity index (χ2n) is 11.3. The maximum atomic E-state index is 11.7. The predicted octanol–water partition coefficient (Wildman–Crippen LogP) is 0.880. The number of hydrogen-bond donors (Lipinski definition) is 6. The third-order valence-electron chi connectivity index (χ3n) is 8.90. The standard InChI is InChI=1S/C26H42O8/c1-12(2)15-7-8-26(4)9-17-14(10-27)5-6-16(17)13(3)20(29)24(19(15)26)34-25-23(32)22(31)21(30)18(11-28)33-25/h9,12-14,16,18,20-25,27-32H,5-8,10-11H2,1-4H3/b17-9-/t13-,14-,16+,18-,20-,21?,22?,23?,24-,25-,26-/m1/s1. The van der Waals surface area contributed by atoms with E-state index in [0.29, 0.717) is 0 Å². The zero-order chi connectivity index (χ0) is 24.9. The van der Waals surface area contributed by atoms with Crippen LogP contribution in [0, 0.1) is 29.1 Å². The summed E-state index contributed by atoms with van der Waals surface area (Å²) in [6.07, 6.45) is -2.83. The predicted molar refractivity (Wildman–Crippen MR) is 124 cm³/mol. The third kappa shape index (κ3) is 4.30. The van der Waals surface area contributed by atoms with Crippen LogP contribution in [0.15, 0.2) is 22.8 Å². The van der Waals surface area contributed by atoms with E-state index < -0.39 is 49.5 Å². The van der Waals surface area contributed by atoms with E-state index >= 15 is 0 Å². The Hall–Kier alpha value is -0.840. The molecule has 3 unspecified atom stereocenters. The fraction of sp³-hybridized carbons (Fsp3) is 0.846. The van der Waals surface area contributed by atoms with Crippen molar-refractivity contribution in [3.63, 3.8) is 0 Å². The van der Waals surface area contributed by atoms with Gasteiger partial charge in [-0.05, 0) is 49.0 Å². The number of hydrogen-bond acceptors (Lipinski definition) is 8. The lowest BCUT2D eigenvalue weighted by molar-refractivity contribution is -0.315. The molecule has 0 aromatic rings. The SMILES string of the molecule is CC(C)C1=C2[C@@H](O[C@H]3O[C@H](CO)C(O)C(O)C3O)[C@H](O)[C@H](C)[C@@H]3CC[C@H](CO)/C3=C/[C@@]2(C)CC1. The van der Waals surface area contributed by atoms with Gasteiger partial charge in [0.05, 0.1) is 12.7 Å². The van der Waals surface area contributed by atoms with Gasteiger partial charge in [0.25, 0.3) is 0 Å². The van der Waals surface area contributed by atoms with Gasteiger partial charge in [0.15, 0.2) is 6.29 Å². The van der Waals surface area contributed by atoms with Crippen LogP contribution in [0.1, 0.15) is 53.4 Å². The molecule has 194 valence electrons. The van der Waals surface area contributed by atoms with Gasteiger partial charge in [-0.25, -0.2) is 0 Å². The van der Waals surface area contributed by atoms with E-state index in [-0.39, 0.29) is 35.7 Å². The van der Waals surface area contributed by atoms with Crippen molar-refractivity contribution in [2.45, 2.75) is 96.3 Å². The number of allylic oxidation sites excluding steroid dienone is 2. The Bertz CT molecular complexity index is 807. The molecule has 0 radical (unpaired) electrons. The molecule has 4 rings (SSSR count). The Balaban J connectivity index is 1.78. The Kier molecular flexibility index (Phi) is 7.64. The molecule has 8 nitrogen and oxygen atoms in total. The molecule has 2 fully saturated rings. The van der Waals surface area contributed by atoms with Crippen molar-refractivity contribution in [2.75, 3.05) is 13.2 Å². The van der Waals surface area contributed by atoms with Crippen molar-refractivity contribution >= 4 is 0 Å². The van der Waals surface area contributed by atoms with Crippen LogP contribution in [0.25, 0.3) is 0 Å². The van der Waals surface area contributed by atoms with E-state index in [9.17, 15) is 30.6 Å². The van der Waals surface area contributed by atoms with Crippen LogP contribution in [0.4, 0.5) is 0 Å². The summed E-state index contributed by atoms with van der Waals surface area (Å²) in [7, 11) is 0. The highest BCUT2D eigenvalue weighted by Gasteiger charge is 2.52. The third-order valence-corrected chi connectivity index (χ3v) is 8.90. The molecule has 11 atom stereocenters. The van der Waals surface area contributed by atoms with Gasteiger partial charge in [-0.15, -0.1) is 0 Å². The lowest BCUT2D eigenvalue weighted by Crippen LogP contribution is -2.60. The minimum absolute atomic E-state index is 0.0993. The minimum atomic E-state index is -1.54. The molecule has 1 aliphatic heterocycles. The number of rotatable bonds is 5. The van der Waals surface area contributed by atoms with Gasteiger partial charge in [-0.3, -0.25) is 0 Å². The van der Waals surface area contributed by atoms with Crippen LogP contribution in [0.3, 0.4) is 0 Å². The molecule has 3 aliphatic carbocycles. The van der Waals surface area contributed by atoms with Gasteiger partial charge >= 0.3 is 0 Å². The van der Waals surface area contributed by atoms with Crippen LogP contribution in [-0.4, -0.2) is 86.8 Å². The molecule has 8 heteroatoms. The zero-order valence-electron chi connectivity index (χ0n) is 20.7. The first-order valence-corrected chi connectivity index (χ1v) is 12.7. The highest BCUT2D eigenvalue weighted by Crippen LogP contribution is 2.55. The van der Waals surface area contributed by atoms with Crippen molar-refractivity contribution in [1.82, 2.24) is 0 Å². The normalized spacial score (nSPS) is 48.9. The number of aliphatic hydroxyl groups excluding tert-OH is 6. The van der Waals surface area contributed by atoms with Crippen LogP contribution < -0.4 is 0 Å². The summed E-state index contributed by atoms with van der Waals surface area (Å²) in [6, 6.07) is 0. The molecule has 1 heterocycles. The average Bonchev–Trinajstić information content (AvgIpc) is 3.36. The smallest absolute Gasteiger partial charge is 0.187 e. The maximum absolute atomic E-state index is 11.7. The highest BCUT2D eigenvalue weighted by molar-refractivity contribution is 5.41. The molecule has 0 bridgehead atoms. The number of aliphatic hydroxyl groups is 6. The van der Waals surface area contributed by atoms with Crippen molar-refractivity contribution in [1.29, 1.82) is 0 Å². The van der Waals surface area contributed by atoms with E-state index in [1.807, 2.05) is 6.92 Å². The van der Waals surface area contributed by atoms with Crippen LogP contribution in [0.5, 0.6) is 0 Å². The summed E-state index contributed by atoms with van der Waals surface area (Å²) < 4.78 is 12.0. The van der Waals surface area contributed by atoms with Gasteiger partial charge < -0.3 is 40.1 Å². The zero-order valence-corrected chi connectivity index (χ0v) is 20.7. The highest BCUT2D eigenvalue weighted by atomic mass is 16.7. The first kappa shape index (κ1) is 26.2. The van der Waals surface area contributed by atoms with Crippen LogP contribution >= 0.6 is 0 Å². The quantitative estimate of drug-likeness (QED) is 0.318. The van der Waals surface area contributed by atoms with Gasteiger partial charge in [0, 0.05) is 17.9 Å². The van der Waals surface area contributed by atoms with E-state index in [1.165, 1.54) is 11.1 Å². The fourth-order valence-electron chi connectivity index (χ4n) is 6.82. The molecule has 0 amide bonds. The van der Waals surface area contributed by atoms with Crippen molar-refractivity contribution in [2.24, 2.45) is 29.1 Å². The average molecular weight is 483 g/mol. The minimum Gasteiger partial charge on any atom is -0.396 e. The second-order valence-corrected chi connectivity index (χ2v) is 11.3. The molecule has 34 heavy (non-hydrogen) atoms. The maximum Gasteiger partial charge on any atom is 0.187 e. The Morgan fingerprint density at radius 2 is 1.74 bits per heavy atom. The Morgan fingerprint density at radius 3 is 2.35 bits per heavy atom. The fourth-order valence-corrected chi connectivity index (χ4v) is 6.82. The Labute approximate surface area is 201 Å². The van der Waals surface area contributed by atoms with E-state index in [4.69, 9.17) is 9.47 Å². The summed E-state index contributed by atoms with van der Waals surface area (Å²) in [6.45, 7) is 7.96.